The topological polar surface area (TPSA) is 67.8 Å². The first-order chi connectivity index (χ1) is 10.2. The lowest BCUT2D eigenvalue weighted by Crippen LogP contribution is -2.28. The summed E-state index contributed by atoms with van der Waals surface area (Å²) in [5.41, 5.74) is 1.25. The van der Waals surface area contributed by atoms with E-state index in [-0.39, 0.29) is 12.5 Å². The normalized spacial score (nSPS) is 11.8. The van der Waals surface area contributed by atoms with Crippen molar-refractivity contribution in [1.29, 1.82) is 0 Å². The van der Waals surface area contributed by atoms with Gasteiger partial charge in [-0.1, -0.05) is 6.07 Å². The van der Waals surface area contributed by atoms with Crippen LogP contribution in [0.4, 0.5) is 0 Å². The maximum atomic E-state index is 11.8. The number of benzene rings is 1. The number of nitrogens with one attached hydrogen (secondary N) is 1. The van der Waals surface area contributed by atoms with E-state index in [0.29, 0.717) is 22.6 Å². The number of carbonyl (C=O) groups is 1. The number of methoxy groups -OCH3 is 2. The van der Waals surface area contributed by atoms with Crippen molar-refractivity contribution in [2.24, 2.45) is 0 Å². The fraction of sp³-hybridized carbons (Fsp3) is 0.267. The van der Waals surface area contributed by atoms with Crippen LogP contribution in [-0.4, -0.2) is 31.8 Å². The quantitative estimate of drug-likeness (QED) is 0.859. The molecule has 0 spiro atoms. The first-order valence-corrected chi connectivity index (χ1v) is 7.30. The van der Waals surface area contributed by atoms with Crippen LogP contribution < -0.4 is 14.8 Å². The SMILES string of the molecule is COc1ccc([C@H](O)CNC(=O)c2ccsc2)cc1OC. The molecule has 0 saturated carbocycles. The molecule has 0 aliphatic carbocycles. The van der Waals surface area contributed by atoms with E-state index in [1.165, 1.54) is 18.4 Å². The Kier molecular flexibility index (Phi) is 5.19. The van der Waals surface area contributed by atoms with Gasteiger partial charge in [0.15, 0.2) is 11.5 Å². The van der Waals surface area contributed by atoms with Crippen LogP contribution in [0, 0.1) is 0 Å². The second-order valence-corrected chi connectivity index (χ2v) is 5.13. The Balaban J connectivity index is 2.00. The van der Waals surface area contributed by atoms with Crippen molar-refractivity contribution in [3.63, 3.8) is 0 Å². The highest BCUT2D eigenvalue weighted by molar-refractivity contribution is 7.08. The second-order valence-electron chi connectivity index (χ2n) is 4.35. The van der Waals surface area contributed by atoms with Crippen LogP contribution >= 0.6 is 11.3 Å². The summed E-state index contributed by atoms with van der Waals surface area (Å²) in [6.07, 6.45) is -0.813. The Morgan fingerprint density at radius 2 is 2.05 bits per heavy atom. The van der Waals surface area contributed by atoms with Gasteiger partial charge in [-0.15, -0.1) is 0 Å². The molecule has 2 rings (SSSR count). The van der Waals surface area contributed by atoms with E-state index >= 15 is 0 Å². The zero-order valence-electron chi connectivity index (χ0n) is 11.8. The molecule has 0 aliphatic rings. The predicted octanol–water partition coefficient (Wildman–Crippen LogP) is 2.23. The number of thiophene rings is 1. The van der Waals surface area contributed by atoms with Gasteiger partial charge in [-0.05, 0) is 29.1 Å². The third-order valence-corrected chi connectivity index (χ3v) is 3.71. The maximum absolute atomic E-state index is 11.8. The first kappa shape index (κ1) is 15.3. The molecule has 0 aliphatic heterocycles. The molecule has 6 heteroatoms. The smallest absolute Gasteiger partial charge is 0.252 e. The molecule has 0 radical (unpaired) electrons. The fourth-order valence-corrected chi connectivity index (χ4v) is 2.50. The van der Waals surface area contributed by atoms with Gasteiger partial charge >= 0.3 is 0 Å². The van der Waals surface area contributed by atoms with Crippen LogP contribution in [-0.2, 0) is 0 Å². The molecular weight excluding hydrogens is 290 g/mol. The number of carbonyl (C=O) groups excluding carboxylic acids is 1. The molecule has 0 bridgehead atoms. The molecule has 112 valence electrons. The standard InChI is InChI=1S/C15H17NO4S/c1-19-13-4-3-10(7-14(13)20-2)12(17)8-16-15(18)11-5-6-21-9-11/h3-7,9,12,17H,8H2,1-2H3,(H,16,18)/t12-/m1/s1. The van der Waals surface area contributed by atoms with Crippen molar-refractivity contribution < 1.29 is 19.4 Å². The number of amides is 1. The molecule has 2 aromatic rings. The number of hydrogen-bond acceptors (Lipinski definition) is 5. The lowest BCUT2D eigenvalue weighted by Gasteiger charge is -2.14. The van der Waals surface area contributed by atoms with Crippen molar-refractivity contribution in [2.45, 2.75) is 6.10 Å². The van der Waals surface area contributed by atoms with Gasteiger partial charge in [-0.2, -0.15) is 11.3 Å². The third kappa shape index (κ3) is 3.74. The molecule has 21 heavy (non-hydrogen) atoms. The van der Waals surface area contributed by atoms with Crippen molar-refractivity contribution in [3.05, 3.63) is 46.2 Å². The highest BCUT2D eigenvalue weighted by Crippen LogP contribution is 2.29. The van der Waals surface area contributed by atoms with Crippen LogP contribution in [0.5, 0.6) is 11.5 Å². The minimum atomic E-state index is -0.813. The van der Waals surface area contributed by atoms with Crippen LogP contribution in [0.2, 0.25) is 0 Å². The number of hydrogen-bond donors (Lipinski definition) is 2. The van der Waals surface area contributed by atoms with Crippen LogP contribution in [0.15, 0.2) is 35.0 Å². The van der Waals surface area contributed by atoms with E-state index in [4.69, 9.17) is 9.47 Å². The molecular formula is C15H17NO4S. The number of aliphatic hydroxyl groups is 1. The summed E-state index contributed by atoms with van der Waals surface area (Å²) in [5, 5.41) is 16.4. The van der Waals surface area contributed by atoms with E-state index in [9.17, 15) is 9.90 Å². The third-order valence-electron chi connectivity index (χ3n) is 3.03. The Hall–Kier alpha value is -2.05. The van der Waals surface area contributed by atoms with Gasteiger partial charge in [0.2, 0.25) is 0 Å². The molecule has 1 atom stereocenters. The molecule has 1 aromatic carbocycles. The summed E-state index contributed by atoms with van der Waals surface area (Å²) in [7, 11) is 3.08. The average molecular weight is 307 g/mol. The second kappa shape index (κ2) is 7.10. The van der Waals surface area contributed by atoms with E-state index in [0.717, 1.165) is 0 Å². The van der Waals surface area contributed by atoms with Gasteiger partial charge in [-0.3, -0.25) is 4.79 Å². The molecule has 0 saturated heterocycles. The number of rotatable bonds is 6. The molecule has 1 amide bonds. The molecule has 5 nitrogen and oxygen atoms in total. The molecule has 0 fully saturated rings. The van der Waals surface area contributed by atoms with Gasteiger partial charge < -0.3 is 19.9 Å². The van der Waals surface area contributed by atoms with E-state index in [1.807, 2.05) is 5.38 Å². The summed E-state index contributed by atoms with van der Waals surface area (Å²) in [5.74, 6) is 0.935. The summed E-state index contributed by atoms with van der Waals surface area (Å²) >= 11 is 1.45. The molecule has 2 N–H and O–H groups in total. The van der Waals surface area contributed by atoms with Gasteiger partial charge in [0.25, 0.3) is 5.91 Å². The molecule has 1 aromatic heterocycles. The Morgan fingerprint density at radius 3 is 2.67 bits per heavy atom. The van der Waals surface area contributed by atoms with Gasteiger partial charge in [0, 0.05) is 17.5 Å². The van der Waals surface area contributed by atoms with Gasteiger partial charge in [0.1, 0.15) is 0 Å². The van der Waals surface area contributed by atoms with Crippen molar-refractivity contribution in [3.8, 4) is 11.5 Å². The zero-order valence-corrected chi connectivity index (χ0v) is 12.6. The fourth-order valence-electron chi connectivity index (χ4n) is 1.86. The van der Waals surface area contributed by atoms with Crippen molar-refractivity contribution in [1.82, 2.24) is 5.32 Å². The first-order valence-electron chi connectivity index (χ1n) is 6.36. The number of aliphatic hydroxyl groups excluding tert-OH is 1. The monoisotopic (exact) mass is 307 g/mol. The van der Waals surface area contributed by atoms with Gasteiger partial charge in [0.05, 0.1) is 20.3 Å². The highest BCUT2D eigenvalue weighted by Gasteiger charge is 2.13. The summed E-state index contributed by atoms with van der Waals surface area (Å²) in [6, 6.07) is 6.89. The summed E-state index contributed by atoms with van der Waals surface area (Å²) in [6.45, 7) is 0.129. The van der Waals surface area contributed by atoms with E-state index in [1.54, 1.807) is 36.8 Å². The Bertz CT molecular complexity index is 598. The van der Waals surface area contributed by atoms with E-state index < -0.39 is 6.10 Å². The van der Waals surface area contributed by atoms with Crippen LogP contribution in [0.3, 0.4) is 0 Å². The van der Waals surface area contributed by atoms with Gasteiger partial charge in [-0.25, -0.2) is 0 Å². The lowest BCUT2D eigenvalue weighted by atomic mass is 10.1. The average Bonchev–Trinajstić information content (AvgIpc) is 3.06. The zero-order chi connectivity index (χ0) is 15.2. The highest BCUT2D eigenvalue weighted by atomic mass is 32.1. The minimum Gasteiger partial charge on any atom is -0.493 e. The maximum Gasteiger partial charge on any atom is 0.252 e. The summed E-state index contributed by atoms with van der Waals surface area (Å²) in [4.78, 5) is 11.8. The minimum absolute atomic E-state index is 0.129. The van der Waals surface area contributed by atoms with E-state index in [2.05, 4.69) is 5.32 Å². The molecule has 0 unspecified atom stereocenters. The lowest BCUT2D eigenvalue weighted by molar-refractivity contribution is 0.0916. The van der Waals surface area contributed by atoms with Crippen LogP contribution in [0.25, 0.3) is 0 Å². The predicted molar refractivity (Wildman–Crippen MR) is 81.2 cm³/mol. The Labute approximate surface area is 127 Å². The molecule has 1 heterocycles. The van der Waals surface area contributed by atoms with Crippen molar-refractivity contribution >= 4 is 17.2 Å². The largest absolute Gasteiger partial charge is 0.493 e. The van der Waals surface area contributed by atoms with Crippen LogP contribution in [0.1, 0.15) is 22.0 Å². The summed E-state index contributed by atoms with van der Waals surface area (Å²) < 4.78 is 10.3. The number of ether oxygens (including phenoxy) is 2. The van der Waals surface area contributed by atoms with Crippen molar-refractivity contribution in [2.75, 3.05) is 20.8 Å². The Morgan fingerprint density at radius 1 is 1.29 bits per heavy atom.